The molecule has 0 spiro atoms. The topological polar surface area (TPSA) is 113 Å². The van der Waals surface area contributed by atoms with Crippen molar-refractivity contribution in [2.75, 3.05) is 6.54 Å². The van der Waals surface area contributed by atoms with E-state index < -0.39 is 33.8 Å². The lowest BCUT2D eigenvalue weighted by atomic mass is 10.1. The molecule has 7 nitrogen and oxygen atoms in total. The van der Waals surface area contributed by atoms with Crippen LogP contribution < -0.4 is 10.0 Å². The van der Waals surface area contributed by atoms with E-state index in [-0.39, 0.29) is 29.8 Å². The van der Waals surface area contributed by atoms with Crippen molar-refractivity contribution in [1.82, 2.24) is 10.0 Å². The summed E-state index contributed by atoms with van der Waals surface area (Å²) < 4.78 is 40.8. The summed E-state index contributed by atoms with van der Waals surface area (Å²) in [6, 6.07) is 16.9. The number of aliphatic carboxylic acids is 1. The number of rotatable bonds is 10. The molecule has 0 saturated carbocycles. The Balaban J connectivity index is 1.58. The fourth-order valence-corrected chi connectivity index (χ4v) is 4.55. The molecule has 0 radical (unpaired) electrons. The standard InChI is InChI=1S/C24H22ClFN2O5S/c25-19-10-6-16(7-11-19)17-8-12-21(13-9-17)34(32,33)28-22(24(30)31)5-2-14-27-23(29)18-3-1-4-20(26)15-18/h1,3-4,6-13,15,22,28H,2,5,14H2,(H,27,29)(H,30,31). The number of hydrogen-bond acceptors (Lipinski definition) is 4. The molecule has 0 aliphatic rings. The summed E-state index contributed by atoms with van der Waals surface area (Å²) in [5, 5.41) is 12.6. The molecular formula is C24H22ClFN2O5S. The number of sulfonamides is 1. The Morgan fingerprint density at radius 2 is 1.59 bits per heavy atom. The Bertz CT molecular complexity index is 1270. The van der Waals surface area contributed by atoms with E-state index in [4.69, 9.17) is 11.6 Å². The number of carbonyl (C=O) groups excluding carboxylic acids is 1. The minimum absolute atomic E-state index is 0.0547. The monoisotopic (exact) mass is 504 g/mol. The van der Waals surface area contributed by atoms with Gasteiger partial charge in [0, 0.05) is 17.1 Å². The largest absolute Gasteiger partial charge is 0.480 e. The van der Waals surface area contributed by atoms with E-state index >= 15 is 0 Å². The minimum Gasteiger partial charge on any atom is -0.480 e. The van der Waals surface area contributed by atoms with E-state index in [1.165, 1.54) is 30.3 Å². The number of benzene rings is 3. The zero-order valence-corrected chi connectivity index (χ0v) is 19.4. The van der Waals surface area contributed by atoms with Gasteiger partial charge in [-0.3, -0.25) is 9.59 Å². The van der Waals surface area contributed by atoms with Crippen molar-refractivity contribution in [3.63, 3.8) is 0 Å². The lowest BCUT2D eigenvalue weighted by Crippen LogP contribution is -2.41. The van der Waals surface area contributed by atoms with E-state index in [9.17, 15) is 27.5 Å². The third kappa shape index (κ3) is 6.86. The molecule has 0 aliphatic heterocycles. The van der Waals surface area contributed by atoms with Crippen LogP contribution in [0.25, 0.3) is 11.1 Å². The average molecular weight is 505 g/mol. The van der Waals surface area contributed by atoms with Gasteiger partial charge in [0.05, 0.1) is 4.90 Å². The molecule has 0 aliphatic carbocycles. The molecule has 0 fully saturated rings. The van der Waals surface area contributed by atoms with Crippen LogP contribution in [0.5, 0.6) is 0 Å². The summed E-state index contributed by atoms with van der Waals surface area (Å²) in [5.74, 6) is -2.39. The molecule has 3 aromatic rings. The van der Waals surface area contributed by atoms with Crippen LogP contribution in [0.3, 0.4) is 0 Å². The van der Waals surface area contributed by atoms with Gasteiger partial charge in [-0.1, -0.05) is 41.9 Å². The molecule has 0 saturated heterocycles. The van der Waals surface area contributed by atoms with Crippen LogP contribution in [0.4, 0.5) is 4.39 Å². The maximum Gasteiger partial charge on any atom is 0.321 e. The molecule has 34 heavy (non-hydrogen) atoms. The summed E-state index contributed by atoms with van der Waals surface area (Å²) in [4.78, 5) is 23.5. The van der Waals surface area contributed by atoms with Gasteiger partial charge in [-0.25, -0.2) is 12.8 Å². The highest BCUT2D eigenvalue weighted by Gasteiger charge is 2.25. The second kappa shape index (κ2) is 11.2. The lowest BCUT2D eigenvalue weighted by Gasteiger charge is -2.15. The molecule has 178 valence electrons. The summed E-state index contributed by atoms with van der Waals surface area (Å²) in [5.41, 5.74) is 1.77. The van der Waals surface area contributed by atoms with Gasteiger partial charge >= 0.3 is 5.97 Å². The van der Waals surface area contributed by atoms with Gasteiger partial charge < -0.3 is 10.4 Å². The highest BCUT2D eigenvalue weighted by Crippen LogP contribution is 2.23. The van der Waals surface area contributed by atoms with Gasteiger partial charge in [0.15, 0.2) is 0 Å². The minimum atomic E-state index is -4.09. The number of amides is 1. The molecule has 0 bridgehead atoms. The Labute approximate surface area is 201 Å². The second-order valence-corrected chi connectivity index (χ2v) is 9.60. The summed E-state index contributed by atoms with van der Waals surface area (Å²) >= 11 is 5.88. The quantitative estimate of drug-likeness (QED) is 0.360. The average Bonchev–Trinajstić information content (AvgIpc) is 2.81. The number of hydrogen-bond donors (Lipinski definition) is 3. The van der Waals surface area contributed by atoms with Gasteiger partial charge in [0.1, 0.15) is 11.9 Å². The Morgan fingerprint density at radius 1 is 0.971 bits per heavy atom. The van der Waals surface area contributed by atoms with Crippen molar-refractivity contribution in [2.45, 2.75) is 23.8 Å². The first-order valence-electron chi connectivity index (χ1n) is 10.3. The van der Waals surface area contributed by atoms with Crippen molar-refractivity contribution < 1.29 is 27.5 Å². The van der Waals surface area contributed by atoms with Crippen LogP contribution in [-0.2, 0) is 14.8 Å². The van der Waals surface area contributed by atoms with Crippen molar-refractivity contribution in [1.29, 1.82) is 0 Å². The number of halogens is 2. The van der Waals surface area contributed by atoms with Crippen molar-refractivity contribution in [3.8, 4) is 11.1 Å². The molecule has 3 N–H and O–H groups in total. The zero-order valence-electron chi connectivity index (χ0n) is 17.9. The molecule has 3 aromatic carbocycles. The van der Waals surface area contributed by atoms with Crippen LogP contribution in [0.15, 0.2) is 77.7 Å². The summed E-state index contributed by atoms with van der Waals surface area (Å²) in [6.45, 7) is 0.0939. The zero-order chi connectivity index (χ0) is 24.7. The maximum absolute atomic E-state index is 13.2. The lowest BCUT2D eigenvalue weighted by molar-refractivity contribution is -0.139. The van der Waals surface area contributed by atoms with Gasteiger partial charge in [0.2, 0.25) is 10.0 Å². The predicted octanol–water partition coefficient (Wildman–Crippen LogP) is 4.09. The van der Waals surface area contributed by atoms with Crippen LogP contribution in [-0.4, -0.2) is 38.0 Å². The first-order chi connectivity index (χ1) is 16.2. The Kier molecular flexibility index (Phi) is 8.38. The van der Waals surface area contributed by atoms with E-state index in [0.29, 0.717) is 5.02 Å². The van der Waals surface area contributed by atoms with Crippen molar-refractivity contribution in [3.05, 3.63) is 89.2 Å². The molecule has 0 heterocycles. The molecule has 1 amide bonds. The molecule has 0 aromatic heterocycles. The first-order valence-corrected chi connectivity index (χ1v) is 12.2. The highest BCUT2D eigenvalue weighted by atomic mass is 35.5. The Hall–Kier alpha value is -3.27. The highest BCUT2D eigenvalue weighted by molar-refractivity contribution is 7.89. The first kappa shape index (κ1) is 25.4. The third-order valence-corrected chi connectivity index (χ3v) is 6.72. The van der Waals surface area contributed by atoms with Crippen molar-refractivity contribution >= 4 is 33.5 Å². The molecular weight excluding hydrogens is 483 g/mol. The molecule has 3 rings (SSSR count). The summed E-state index contributed by atoms with van der Waals surface area (Å²) in [7, 11) is -4.09. The number of carbonyl (C=O) groups is 2. The van der Waals surface area contributed by atoms with Gasteiger partial charge in [-0.2, -0.15) is 4.72 Å². The smallest absolute Gasteiger partial charge is 0.321 e. The fraction of sp³-hybridized carbons (Fsp3) is 0.167. The number of carboxylic acid groups (broad SMARTS) is 1. The fourth-order valence-electron chi connectivity index (χ4n) is 3.20. The third-order valence-electron chi connectivity index (χ3n) is 4.98. The van der Waals surface area contributed by atoms with Crippen LogP contribution in [0.2, 0.25) is 5.02 Å². The van der Waals surface area contributed by atoms with E-state index in [2.05, 4.69) is 10.0 Å². The SMILES string of the molecule is O=C(NCCCC(NS(=O)(=O)c1ccc(-c2ccc(Cl)cc2)cc1)C(=O)O)c1cccc(F)c1. The number of carboxylic acids is 1. The van der Waals surface area contributed by atoms with E-state index in [1.54, 1.807) is 36.4 Å². The molecule has 10 heteroatoms. The maximum atomic E-state index is 13.2. The molecule has 1 atom stereocenters. The summed E-state index contributed by atoms with van der Waals surface area (Å²) in [6.07, 6.45) is 0.136. The normalized spacial score (nSPS) is 12.2. The van der Waals surface area contributed by atoms with Crippen molar-refractivity contribution in [2.24, 2.45) is 0 Å². The van der Waals surface area contributed by atoms with Gasteiger partial charge in [0.25, 0.3) is 5.91 Å². The second-order valence-electron chi connectivity index (χ2n) is 7.45. The van der Waals surface area contributed by atoms with Gasteiger partial charge in [-0.15, -0.1) is 0 Å². The molecule has 1 unspecified atom stereocenters. The van der Waals surface area contributed by atoms with Gasteiger partial charge in [-0.05, 0) is 66.4 Å². The predicted molar refractivity (Wildman–Crippen MR) is 127 cm³/mol. The number of nitrogens with one attached hydrogen (secondary N) is 2. The van der Waals surface area contributed by atoms with Crippen LogP contribution in [0.1, 0.15) is 23.2 Å². The Morgan fingerprint density at radius 3 is 2.18 bits per heavy atom. The van der Waals surface area contributed by atoms with E-state index in [1.807, 2.05) is 0 Å². The van der Waals surface area contributed by atoms with Crippen LogP contribution >= 0.6 is 11.6 Å². The van der Waals surface area contributed by atoms with E-state index in [0.717, 1.165) is 17.2 Å². The van der Waals surface area contributed by atoms with Crippen LogP contribution in [0, 0.1) is 5.82 Å².